The molecule has 146 valence electrons. The molecule has 2 aromatic heterocycles. The Bertz CT molecular complexity index is 1060. The van der Waals surface area contributed by atoms with Crippen molar-refractivity contribution in [3.63, 3.8) is 0 Å². The molecule has 11 heteroatoms. The lowest BCUT2D eigenvalue weighted by Gasteiger charge is -2.12. The zero-order valence-electron chi connectivity index (χ0n) is 14.2. The van der Waals surface area contributed by atoms with Gasteiger partial charge in [0.05, 0.1) is 5.41 Å². The first-order chi connectivity index (χ1) is 13.3. The van der Waals surface area contributed by atoms with Crippen LogP contribution in [0.1, 0.15) is 36.3 Å². The van der Waals surface area contributed by atoms with Gasteiger partial charge in [0.25, 0.3) is 12.3 Å². The Morgan fingerprint density at radius 2 is 2.11 bits per heavy atom. The summed E-state index contributed by atoms with van der Waals surface area (Å²) < 4.78 is 45.7. The van der Waals surface area contributed by atoms with E-state index in [1.54, 1.807) is 6.07 Å². The molecule has 1 aliphatic rings. The van der Waals surface area contributed by atoms with Crippen LogP contribution in [-0.4, -0.2) is 25.8 Å². The second kappa shape index (κ2) is 6.62. The molecule has 28 heavy (non-hydrogen) atoms. The number of carbonyl (C=O) groups excluding carboxylic acids is 1. The molecule has 3 aromatic rings. The maximum atomic E-state index is 13.3. The zero-order valence-corrected chi connectivity index (χ0v) is 15.0. The number of halogens is 4. The Hall–Kier alpha value is -2.88. The minimum absolute atomic E-state index is 0.00342. The van der Waals surface area contributed by atoms with Crippen molar-refractivity contribution in [2.45, 2.75) is 31.2 Å². The number of rotatable bonds is 6. The van der Waals surface area contributed by atoms with Gasteiger partial charge in [-0.25, -0.2) is 13.2 Å². The quantitative estimate of drug-likeness (QED) is 0.671. The maximum absolute atomic E-state index is 13.3. The van der Waals surface area contributed by atoms with E-state index < -0.39 is 35.8 Å². The van der Waals surface area contributed by atoms with Gasteiger partial charge in [-0.3, -0.25) is 9.48 Å². The number of primary amides is 1. The van der Waals surface area contributed by atoms with Crippen molar-refractivity contribution in [3.8, 4) is 11.6 Å². The van der Waals surface area contributed by atoms with Crippen LogP contribution in [0.2, 0.25) is 5.02 Å². The van der Waals surface area contributed by atoms with Gasteiger partial charge in [0.1, 0.15) is 18.1 Å². The molecule has 4 rings (SSSR count). The normalized spacial score (nSPS) is 15.2. The van der Waals surface area contributed by atoms with Gasteiger partial charge in [0.2, 0.25) is 5.91 Å². The van der Waals surface area contributed by atoms with Crippen LogP contribution in [-0.2, 0) is 16.8 Å². The fourth-order valence-electron chi connectivity index (χ4n) is 3.12. The van der Waals surface area contributed by atoms with Gasteiger partial charge in [-0.1, -0.05) is 22.8 Å². The minimum atomic E-state index is -2.87. The molecule has 1 amide bonds. The molecule has 2 N–H and O–H groups in total. The minimum Gasteiger partial charge on any atom is -0.368 e. The summed E-state index contributed by atoms with van der Waals surface area (Å²) in [5.41, 5.74) is 4.62. The van der Waals surface area contributed by atoms with E-state index >= 15 is 0 Å². The van der Waals surface area contributed by atoms with E-state index in [4.69, 9.17) is 21.9 Å². The van der Waals surface area contributed by atoms with Crippen molar-refractivity contribution in [1.82, 2.24) is 19.9 Å². The highest BCUT2D eigenvalue weighted by molar-refractivity contribution is 6.31. The van der Waals surface area contributed by atoms with E-state index in [1.807, 2.05) is 0 Å². The number of hydrogen-bond donors (Lipinski definition) is 1. The fraction of sp³-hybridized carbons (Fsp3) is 0.294. The van der Waals surface area contributed by atoms with Gasteiger partial charge in [-0.05, 0) is 36.6 Å². The van der Waals surface area contributed by atoms with Gasteiger partial charge in [-0.2, -0.15) is 10.1 Å². The monoisotopic (exact) mass is 411 g/mol. The van der Waals surface area contributed by atoms with E-state index in [2.05, 4.69) is 15.2 Å². The molecule has 0 aliphatic heterocycles. The highest BCUT2D eigenvalue weighted by Gasteiger charge is 2.51. The van der Waals surface area contributed by atoms with E-state index in [0.29, 0.717) is 24.2 Å². The van der Waals surface area contributed by atoms with Crippen LogP contribution in [0.4, 0.5) is 13.2 Å². The summed E-state index contributed by atoms with van der Waals surface area (Å²) in [6, 6.07) is 5.13. The van der Waals surface area contributed by atoms with Crippen LogP contribution in [0.15, 0.2) is 28.8 Å². The second-order valence-electron chi connectivity index (χ2n) is 6.51. The molecule has 0 unspecified atom stereocenters. The van der Waals surface area contributed by atoms with Crippen LogP contribution in [0.3, 0.4) is 0 Å². The number of hydrogen-bond acceptors (Lipinski definition) is 5. The number of aromatic nitrogens is 4. The van der Waals surface area contributed by atoms with E-state index in [9.17, 15) is 18.0 Å². The van der Waals surface area contributed by atoms with Gasteiger partial charge >= 0.3 is 0 Å². The Morgan fingerprint density at radius 3 is 2.71 bits per heavy atom. The summed E-state index contributed by atoms with van der Waals surface area (Å²) in [5, 5.41) is 8.11. The molecule has 1 aromatic carbocycles. The molecular formula is C17H13ClF3N5O2. The Balaban J connectivity index is 1.69. The predicted molar refractivity (Wildman–Crippen MR) is 91.1 cm³/mol. The number of alkyl halides is 2. The topological polar surface area (TPSA) is 99.8 Å². The van der Waals surface area contributed by atoms with Crippen LogP contribution in [0, 0.1) is 5.82 Å². The van der Waals surface area contributed by atoms with Crippen molar-refractivity contribution in [2.75, 3.05) is 0 Å². The van der Waals surface area contributed by atoms with Gasteiger partial charge < -0.3 is 10.3 Å². The molecule has 0 atom stereocenters. The molecule has 0 bridgehead atoms. The van der Waals surface area contributed by atoms with Gasteiger partial charge in [0.15, 0.2) is 11.5 Å². The highest BCUT2D eigenvalue weighted by Crippen LogP contribution is 2.54. The first-order valence-electron chi connectivity index (χ1n) is 8.24. The molecule has 7 nitrogen and oxygen atoms in total. The summed E-state index contributed by atoms with van der Waals surface area (Å²) in [6.45, 7) is -0.504. The zero-order chi connectivity index (χ0) is 20.1. The maximum Gasteiger partial charge on any atom is 0.280 e. The molecule has 1 fully saturated rings. The summed E-state index contributed by atoms with van der Waals surface area (Å²) in [4.78, 5) is 15.4. The average Bonchev–Trinajstić information content (AvgIpc) is 3.07. The number of benzene rings is 1. The van der Waals surface area contributed by atoms with Crippen molar-refractivity contribution in [2.24, 2.45) is 5.73 Å². The standard InChI is InChI=1S/C17H13ClF3N5O2/c18-10-5-8(19)1-2-9(10)17(3-4-17)16-23-15(28-25-16)11-6-12(14(20)21)26(24-11)7-13(22)27/h1-2,5-6,14H,3-4,7H2,(H2,22,27). The Kier molecular flexibility index (Phi) is 4.37. The molecule has 1 saturated carbocycles. The summed E-state index contributed by atoms with van der Waals surface area (Å²) >= 11 is 6.17. The van der Waals surface area contributed by atoms with Crippen LogP contribution in [0.5, 0.6) is 0 Å². The van der Waals surface area contributed by atoms with Gasteiger partial charge in [-0.15, -0.1) is 0 Å². The molecule has 0 spiro atoms. The number of carbonyl (C=O) groups is 1. The van der Waals surface area contributed by atoms with Crippen molar-refractivity contribution in [1.29, 1.82) is 0 Å². The molecule has 0 saturated heterocycles. The Labute approximate surface area is 161 Å². The second-order valence-corrected chi connectivity index (χ2v) is 6.92. The summed E-state index contributed by atoms with van der Waals surface area (Å²) in [5.74, 6) is -1.05. The Morgan fingerprint density at radius 1 is 1.36 bits per heavy atom. The first-order valence-corrected chi connectivity index (χ1v) is 8.62. The lowest BCUT2D eigenvalue weighted by atomic mass is 9.95. The van der Waals surface area contributed by atoms with Crippen LogP contribution < -0.4 is 5.73 Å². The highest BCUT2D eigenvalue weighted by atomic mass is 35.5. The largest absolute Gasteiger partial charge is 0.368 e. The SMILES string of the molecule is NC(=O)Cn1nc(-c2nc(C3(c4ccc(F)cc4Cl)CC3)no2)cc1C(F)F. The predicted octanol–water partition coefficient (Wildman–Crippen LogP) is 3.23. The third-order valence-corrected chi connectivity index (χ3v) is 4.92. The number of nitrogens with two attached hydrogens (primary N) is 1. The van der Waals surface area contributed by atoms with Crippen molar-refractivity contribution < 1.29 is 22.5 Å². The molecular weight excluding hydrogens is 399 g/mol. The third-order valence-electron chi connectivity index (χ3n) is 4.61. The number of amides is 1. The average molecular weight is 412 g/mol. The molecule has 1 aliphatic carbocycles. The van der Waals surface area contributed by atoms with Crippen molar-refractivity contribution >= 4 is 17.5 Å². The van der Waals surface area contributed by atoms with E-state index in [-0.39, 0.29) is 16.6 Å². The van der Waals surface area contributed by atoms with Crippen molar-refractivity contribution in [3.05, 3.63) is 52.2 Å². The first kappa shape index (κ1) is 18.5. The fourth-order valence-corrected chi connectivity index (χ4v) is 3.47. The lowest BCUT2D eigenvalue weighted by molar-refractivity contribution is -0.118. The van der Waals surface area contributed by atoms with Gasteiger partial charge in [0, 0.05) is 5.02 Å². The third kappa shape index (κ3) is 3.13. The van der Waals surface area contributed by atoms with E-state index in [0.717, 1.165) is 10.7 Å². The summed E-state index contributed by atoms with van der Waals surface area (Å²) in [7, 11) is 0. The molecule has 2 heterocycles. The van der Waals surface area contributed by atoms with E-state index in [1.165, 1.54) is 12.1 Å². The lowest BCUT2D eigenvalue weighted by Crippen LogP contribution is -2.21. The van der Waals surface area contributed by atoms with Crippen LogP contribution >= 0.6 is 11.6 Å². The molecule has 0 radical (unpaired) electrons. The number of nitrogens with zero attached hydrogens (tertiary/aromatic N) is 4. The van der Waals surface area contributed by atoms with Crippen LogP contribution in [0.25, 0.3) is 11.6 Å². The smallest absolute Gasteiger partial charge is 0.280 e. The summed E-state index contributed by atoms with van der Waals surface area (Å²) in [6.07, 6.45) is -1.51.